The molecule has 2 aromatic carbocycles. The molecule has 0 saturated carbocycles. The lowest BCUT2D eigenvalue weighted by atomic mass is 10.1. The molecule has 0 spiro atoms. The van der Waals surface area contributed by atoms with Crippen LogP contribution in [-0.2, 0) is 14.3 Å². The van der Waals surface area contributed by atoms with Crippen molar-refractivity contribution in [3.63, 3.8) is 0 Å². The number of amides is 2. The van der Waals surface area contributed by atoms with Gasteiger partial charge in [-0.25, -0.2) is 4.79 Å². The van der Waals surface area contributed by atoms with Gasteiger partial charge in [-0.1, -0.05) is 13.0 Å². The zero-order valence-corrected chi connectivity index (χ0v) is 15.6. The molecule has 27 heavy (non-hydrogen) atoms. The molecule has 7 nitrogen and oxygen atoms in total. The van der Waals surface area contributed by atoms with Gasteiger partial charge in [-0.05, 0) is 48.9 Å². The van der Waals surface area contributed by atoms with E-state index in [1.165, 1.54) is 7.11 Å². The normalized spacial score (nSPS) is 10.0. The van der Waals surface area contributed by atoms with Crippen LogP contribution >= 0.6 is 0 Å². The van der Waals surface area contributed by atoms with Gasteiger partial charge in [0.2, 0.25) is 11.8 Å². The number of ether oxygens (including phenoxy) is 1. The van der Waals surface area contributed by atoms with Crippen molar-refractivity contribution in [3.8, 4) is 0 Å². The van der Waals surface area contributed by atoms with Crippen LogP contribution in [0.15, 0.2) is 42.5 Å². The van der Waals surface area contributed by atoms with Gasteiger partial charge in [0.15, 0.2) is 0 Å². The lowest BCUT2D eigenvalue weighted by Gasteiger charge is -2.12. The van der Waals surface area contributed by atoms with Crippen LogP contribution in [0, 0.1) is 6.92 Å². The standard InChI is InChI=1S/C20H23N3O4/c1-4-18(24)23-17-11-16(8-5-13(17)2)22-19(25)12-21-15-9-6-14(7-10-15)20(26)27-3/h5-11,21H,4,12H2,1-3H3,(H,22,25)(H,23,24). The second kappa shape index (κ2) is 9.38. The van der Waals surface area contributed by atoms with Crippen molar-refractivity contribution in [2.24, 2.45) is 0 Å². The Labute approximate surface area is 158 Å². The fraction of sp³-hybridized carbons (Fsp3) is 0.250. The predicted molar refractivity (Wildman–Crippen MR) is 105 cm³/mol. The average molecular weight is 369 g/mol. The molecule has 7 heteroatoms. The van der Waals surface area contributed by atoms with Crippen LogP contribution in [0.4, 0.5) is 17.1 Å². The first kappa shape index (κ1) is 20.0. The van der Waals surface area contributed by atoms with E-state index in [2.05, 4.69) is 20.7 Å². The number of hydrogen-bond donors (Lipinski definition) is 3. The maximum Gasteiger partial charge on any atom is 0.337 e. The van der Waals surface area contributed by atoms with Gasteiger partial charge in [-0.2, -0.15) is 0 Å². The molecule has 2 amide bonds. The number of carbonyl (C=O) groups is 3. The first-order chi connectivity index (χ1) is 12.9. The third-order valence-electron chi connectivity index (χ3n) is 3.88. The Morgan fingerprint density at radius 3 is 2.22 bits per heavy atom. The number of esters is 1. The highest BCUT2D eigenvalue weighted by atomic mass is 16.5. The molecule has 0 unspecified atom stereocenters. The van der Waals surface area contributed by atoms with Gasteiger partial charge in [0.25, 0.3) is 0 Å². The number of nitrogens with one attached hydrogen (secondary N) is 3. The van der Waals surface area contributed by atoms with Gasteiger partial charge in [0.05, 0.1) is 19.2 Å². The minimum Gasteiger partial charge on any atom is -0.465 e. The monoisotopic (exact) mass is 369 g/mol. The van der Waals surface area contributed by atoms with Crippen LogP contribution in [0.3, 0.4) is 0 Å². The number of anilines is 3. The highest BCUT2D eigenvalue weighted by molar-refractivity contribution is 5.96. The van der Waals surface area contributed by atoms with Crippen LogP contribution in [0.2, 0.25) is 0 Å². The van der Waals surface area contributed by atoms with E-state index in [0.29, 0.717) is 29.0 Å². The van der Waals surface area contributed by atoms with E-state index in [0.717, 1.165) is 5.56 Å². The van der Waals surface area contributed by atoms with E-state index in [4.69, 9.17) is 0 Å². The van der Waals surface area contributed by atoms with Crippen LogP contribution in [0.1, 0.15) is 29.3 Å². The topological polar surface area (TPSA) is 96.5 Å². The number of hydrogen-bond acceptors (Lipinski definition) is 5. The lowest BCUT2D eigenvalue weighted by Crippen LogP contribution is -2.22. The van der Waals surface area contributed by atoms with E-state index < -0.39 is 5.97 Å². The Morgan fingerprint density at radius 1 is 0.926 bits per heavy atom. The summed E-state index contributed by atoms with van der Waals surface area (Å²) in [5.41, 5.74) is 3.33. The summed E-state index contributed by atoms with van der Waals surface area (Å²) in [7, 11) is 1.32. The zero-order valence-electron chi connectivity index (χ0n) is 15.6. The Bertz CT molecular complexity index is 832. The number of rotatable bonds is 7. The highest BCUT2D eigenvalue weighted by Crippen LogP contribution is 2.20. The van der Waals surface area contributed by atoms with Crippen molar-refractivity contribution in [1.82, 2.24) is 0 Å². The summed E-state index contributed by atoms with van der Waals surface area (Å²) < 4.78 is 4.64. The third kappa shape index (κ3) is 5.85. The van der Waals surface area contributed by atoms with Gasteiger partial charge < -0.3 is 20.7 Å². The number of carbonyl (C=O) groups excluding carboxylic acids is 3. The Balaban J connectivity index is 1.93. The molecule has 0 atom stereocenters. The van der Waals surface area contributed by atoms with Crippen molar-refractivity contribution >= 4 is 34.8 Å². The van der Waals surface area contributed by atoms with Gasteiger partial charge in [0, 0.05) is 23.5 Å². The predicted octanol–water partition coefficient (Wildman–Crippen LogP) is 3.18. The van der Waals surface area contributed by atoms with Crippen molar-refractivity contribution in [2.75, 3.05) is 29.6 Å². The van der Waals surface area contributed by atoms with Crippen molar-refractivity contribution < 1.29 is 19.1 Å². The molecule has 0 saturated heterocycles. The zero-order chi connectivity index (χ0) is 19.8. The fourth-order valence-electron chi connectivity index (χ4n) is 2.30. The van der Waals surface area contributed by atoms with Gasteiger partial charge in [-0.15, -0.1) is 0 Å². The first-order valence-corrected chi connectivity index (χ1v) is 8.55. The number of benzene rings is 2. The third-order valence-corrected chi connectivity index (χ3v) is 3.88. The molecule has 0 aliphatic carbocycles. The molecule has 0 bridgehead atoms. The molecule has 2 rings (SSSR count). The Kier molecular flexibility index (Phi) is 6.93. The van der Waals surface area contributed by atoms with E-state index in [1.54, 1.807) is 43.3 Å². The highest BCUT2D eigenvalue weighted by Gasteiger charge is 2.08. The molecular formula is C20H23N3O4. The quantitative estimate of drug-likeness (QED) is 0.652. The number of aryl methyl sites for hydroxylation is 1. The molecule has 0 aromatic heterocycles. The van der Waals surface area contributed by atoms with E-state index >= 15 is 0 Å². The maximum atomic E-state index is 12.1. The van der Waals surface area contributed by atoms with E-state index in [9.17, 15) is 14.4 Å². The second-order valence-corrected chi connectivity index (χ2v) is 5.90. The van der Waals surface area contributed by atoms with Gasteiger partial charge in [-0.3, -0.25) is 9.59 Å². The summed E-state index contributed by atoms with van der Waals surface area (Å²) in [6.07, 6.45) is 0.384. The summed E-state index contributed by atoms with van der Waals surface area (Å²) in [5, 5.41) is 8.57. The van der Waals surface area contributed by atoms with Crippen molar-refractivity contribution in [2.45, 2.75) is 20.3 Å². The van der Waals surface area contributed by atoms with Crippen molar-refractivity contribution in [1.29, 1.82) is 0 Å². The maximum absolute atomic E-state index is 12.1. The number of methoxy groups -OCH3 is 1. The molecule has 0 aliphatic rings. The Hall–Kier alpha value is -3.35. The smallest absolute Gasteiger partial charge is 0.337 e. The van der Waals surface area contributed by atoms with Crippen LogP contribution in [-0.4, -0.2) is 31.4 Å². The minimum atomic E-state index is -0.412. The molecule has 0 heterocycles. The molecule has 142 valence electrons. The largest absolute Gasteiger partial charge is 0.465 e. The lowest BCUT2D eigenvalue weighted by molar-refractivity contribution is -0.116. The van der Waals surface area contributed by atoms with Gasteiger partial charge in [0.1, 0.15) is 0 Å². The van der Waals surface area contributed by atoms with E-state index in [1.807, 2.05) is 13.0 Å². The fourth-order valence-corrected chi connectivity index (χ4v) is 2.30. The molecule has 0 aliphatic heterocycles. The molecule has 2 aromatic rings. The summed E-state index contributed by atoms with van der Waals surface area (Å²) in [5.74, 6) is -0.730. The summed E-state index contributed by atoms with van der Waals surface area (Å²) in [4.78, 5) is 35.1. The van der Waals surface area contributed by atoms with Crippen molar-refractivity contribution in [3.05, 3.63) is 53.6 Å². The second-order valence-electron chi connectivity index (χ2n) is 5.90. The Morgan fingerprint density at radius 2 is 1.59 bits per heavy atom. The summed E-state index contributed by atoms with van der Waals surface area (Å²) in [6.45, 7) is 3.72. The summed E-state index contributed by atoms with van der Waals surface area (Å²) >= 11 is 0. The average Bonchev–Trinajstić information content (AvgIpc) is 2.68. The molecule has 3 N–H and O–H groups in total. The summed E-state index contributed by atoms with van der Waals surface area (Å²) in [6, 6.07) is 12.0. The molecule has 0 fully saturated rings. The SMILES string of the molecule is CCC(=O)Nc1cc(NC(=O)CNc2ccc(C(=O)OC)cc2)ccc1C. The van der Waals surface area contributed by atoms with Crippen LogP contribution in [0.25, 0.3) is 0 Å². The first-order valence-electron chi connectivity index (χ1n) is 8.55. The van der Waals surface area contributed by atoms with Crippen LogP contribution < -0.4 is 16.0 Å². The molecular weight excluding hydrogens is 346 g/mol. The van der Waals surface area contributed by atoms with Crippen LogP contribution in [0.5, 0.6) is 0 Å². The minimum absolute atomic E-state index is 0.0576. The van der Waals surface area contributed by atoms with E-state index in [-0.39, 0.29) is 18.4 Å². The van der Waals surface area contributed by atoms with Gasteiger partial charge >= 0.3 is 5.97 Å². The molecule has 0 radical (unpaired) electrons.